The standard InChI is InChI=1S/C11H5F4/c12-8-5-7(6-3-1-2-4-6)9(13)11(15)10(8)14/h1,3,5H,2H2. The molecule has 0 aromatic heterocycles. The molecule has 1 radical (unpaired) electrons. The van der Waals surface area contributed by atoms with E-state index in [1.807, 2.05) is 0 Å². The van der Waals surface area contributed by atoms with E-state index in [1.54, 1.807) is 6.08 Å². The maximum absolute atomic E-state index is 13.2. The van der Waals surface area contributed by atoms with E-state index < -0.39 is 23.3 Å². The average molecular weight is 213 g/mol. The quantitative estimate of drug-likeness (QED) is 0.381. The van der Waals surface area contributed by atoms with Crippen molar-refractivity contribution in [2.75, 3.05) is 0 Å². The number of halogens is 4. The Morgan fingerprint density at radius 1 is 1.00 bits per heavy atom. The Hall–Kier alpha value is -1.58. The number of benzene rings is 1. The van der Waals surface area contributed by atoms with Crippen LogP contribution in [0.15, 0.2) is 18.2 Å². The van der Waals surface area contributed by atoms with Crippen LogP contribution in [0, 0.1) is 29.3 Å². The molecule has 1 aromatic rings. The molecule has 0 atom stereocenters. The molecule has 1 aliphatic rings. The zero-order valence-electron chi connectivity index (χ0n) is 7.45. The summed E-state index contributed by atoms with van der Waals surface area (Å²) >= 11 is 0. The lowest BCUT2D eigenvalue weighted by Gasteiger charge is -2.04. The van der Waals surface area contributed by atoms with Crippen molar-refractivity contribution in [2.45, 2.75) is 6.42 Å². The Balaban J connectivity index is 2.63. The SMILES string of the molecule is Fc1cc(C2=[C]CC=C2)c(F)c(F)c1F. The fourth-order valence-electron chi connectivity index (χ4n) is 1.36. The van der Waals surface area contributed by atoms with Crippen LogP contribution in [0.25, 0.3) is 5.57 Å². The van der Waals surface area contributed by atoms with E-state index in [9.17, 15) is 17.6 Å². The first kappa shape index (κ1) is 9.96. The third-order valence-corrected chi connectivity index (χ3v) is 2.09. The van der Waals surface area contributed by atoms with Crippen LogP contribution in [0.5, 0.6) is 0 Å². The largest absolute Gasteiger partial charge is 0.204 e. The summed E-state index contributed by atoms with van der Waals surface area (Å²) in [6.07, 6.45) is 6.29. The summed E-state index contributed by atoms with van der Waals surface area (Å²) in [6, 6.07) is 0.631. The zero-order chi connectivity index (χ0) is 11.0. The lowest BCUT2D eigenvalue weighted by Crippen LogP contribution is -2.00. The van der Waals surface area contributed by atoms with Gasteiger partial charge in [0.05, 0.1) is 0 Å². The van der Waals surface area contributed by atoms with Gasteiger partial charge in [-0.2, -0.15) is 0 Å². The van der Waals surface area contributed by atoms with E-state index in [-0.39, 0.29) is 11.1 Å². The summed E-state index contributed by atoms with van der Waals surface area (Å²) < 4.78 is 51.5. The Bertz CT molecular complexity index is 472. The van der Waals surface area contributed by atoms with Gasteiger partial charge in [-0.25, -0.2) is 17.6 Å². The van der Waals surface area contributed by atoms with Crippen LogP contribution in [0.3, 0.4) is 0 Å². The molecule has 0 aliphatic heterocycles. The summed E-state index contributed by atoms with van der Waals surface area (Å²) in [7, 11) is 0. The second kappa shape index (κ2) is 3.53. The van der Waals surface area contributed by atoms with Crippen molar-refractivity contribution in [3.8, 4) is 0 Å². The van der Waals surface area contributed by atoms with Crippen LogP contribution in [-0.4, -0.2) is 0 Å². The molecule has 0 bridgehead atoms. The van der Waals surface area contributed by atoms with E-state index in [4.69, 9.17) is 0 Å². The average Bonchev–Trinajstić information content (AvgIpc) is 2.73. The summed E-state index contributed by atoms with van der Waals surface area (Å²) in [5, 5.41) is 0. The van der Waals surface area contributed by atoms with Crippen molar-refractivity contribution >= 4 is 5.57 Å². The van der Waals surface area contributed by atoms with Crippen molar-refractivity contribution in [3.05, 3.63) is 53.1 Å². The molecule has 4 heteroatoms. The normalized spacial score (nSPS) is 14.5. The van der Waals surface area contributed by atoms with Gasteiger partial charge in [0.25, 0.3) is 0 Å². The number of allylic oxidation sites excluding steroid dienone is 4. The Labute approximate surface area is 83.5 Å². The van der Waals surface area contributed by atoms with Crippen molar-refractivity contribution in [3.63, 3.8) is 0 Å². The molecule has 0 nitrogen and oxygen atoms in total. The van der Waals surface area contributed by atoms with Gasteiger partial charge in [-0.05, 0) is 24.1 Å². The molecule has 0 saturated heterocycles. The van der Waals surface area contributed by atoms with Crippen LogP contribution in [0.2, 0.25) is 0 Å². The highest BCUT2D eigenvalue weighted by molar-refractivity contribution is 5.74. The molecule has 0 unspecified atom stereocenters. The highest BCUT2D eigenvalue weighted by Crippen LogP contribution is 2.27. The second-order valence-corrected chi connectivity index (χ2v) is 3.04. The van der Waals surface area contributed by atoms with Gasteiger partial charge in [0.15, 0.2) is 23.3 Å². The Morgan fingerprint density at radius 3 is 2.33 bits per heavy atom. The molecule has 0 fully saturated rings. The predicted octanol–water partition coefficient (Wildman–Crippen LogP) is 3.39. The third kappa shape index (κ3) is 1.56. The van der Waals surface area contributed by atoms with Gasteiger partial charge in [0, 0.05) is 5.56 Å². The van der Waals surface area contributed by atoms with E-state index in [1.165, 1.54) is 6.08 Å². The van der Waals surface area contributed by atoms with Gasteiger partial charge in [-0.3, -0.25) is 0 Å². The summed E-state index contributed by atoms with van der Waals surface area (Å²) in [6.45, 7) is 0. The van der Waals surface area contributed by atoms with Crippen LogP contribution in [0.1, 0.15) is 12.0 Å². The van der Waals surface area contributed by atoms with E-state index in [0.29, 0.717) is 12.5 Å². The molecule has 0 N–H and O–H groups in total. The van der Waals surface area contributed by atoms with Gasteiger partial charge in [-0.15, -0.1) is 0 Å². The molecule has 0 amide bonds. The van der Waals surface area contributed by atoms with Gasteiger partial charge >= 0.3 is 0 Å². The summed E-state index contributed by atoms with van der Waals surface area (Å²) in [5.74, 6) is -6.38. The fraction of sp³-hybridized carbons (Fsp3) is 0.0909. The van der Waals surface area contributed by atoms with Crippen molar-refractivity contribution < 1.29 is 17.6 Å². The number of rotatable bonds is 1. The van der Waals surface area contributed by atoms with E-state index in [2.05, 4.69) is 6.08 Å². The molecular formula is C11H5F4. The van der Waals surface area contributed by atoms with Crippen molar-refractivity contribution in [2.24, 2.45) is 0 Å². The van der Waals surface area contributed by atoms with Crippen molar-refractivity contribution in [1.29, 1.82) is 0 Å². The minimum atomic E-state index is -1.79. The maximum Gasteiger partial charge on any atom is 0.198 e. The van der Waals surface area contributed by atoms with Gasteiger partial charge in [0.1, 0.15) is 0 Å². The Kier molecular flexibility index (Phi) is 2.34. The van der Waals surface area contributed by atoms with Gasteiger partial charge in [-0.1, -0.05) is 12.2 Å². The molecule has 0 saturated carbocycles. The molecule has 0 heterocycles. The molecule has 77 valence electrons. The number of hydrogen-bond donors (Lipinski definition) is 0. The Morgan fingerprint density at radius 2 is 1.73 bits per heavy atom. The minimum Gasteiger partial charge on any atom is -0.204 e. The van der Waals surface area contributed by atoms with Crippen molar-refractivity contribution in [1.82, 2.24) is 0 Å². The molecule has 1 aromatic carbocycles. The molecule has 15 heavy (non-hydrogen) atoms. The van der Waals surface area contributed by atoms with Gasteiger partial charge in [0.2, 0.25) is 0 Å². The molecule has 1 aliphatic carbocycles. The highest BCUT2D eigenvalue weighted by Gasteiger charge is 2.20. The fourth-order valence-corrected chi connectivity index (χ4v) is 1.36. The molecule has 0 spiro atoms. The lowest BCUT2D eigenvalue weighted by atomic mass is 10.1. The summed E-state index contributed by atoms with van der Waals surface area (Å²) in [4.78, 5) is 0. The lowest BCUT2D eigenvalue weighted by molar-refractivity contribution is 0.408. The smallest absolute Gasteiger partial charge is 0.198 e. The monoisotopic (exact) mass is 213 g/mol. The van der Waals surface area contributed by atoms with Crippen LogP contribution < -0.4 is 0 Å². The first-order valence-electron chi connectivity index (χ1n) is 4.22. The predicted molar refractivity (Wildman–Crippen MR) is 46.7 cm³/mol. The summed E-state index contributed by atoms with van der Waals surface area (Å²) in [5.41, 5.74) is -0.0644. The van der Waals surface area contributed by atoms with Crippen LogP contribution in [-0.2, 0) is 0 Å². The molecule has 2 rings (SSSR count). The first-order chi connectivity index (χ1) is 7.11. The maximum atomic E-state index is 13.2. The van der Waals surface area contributed by atoms with Crippen LogP contribution >= 0.6 is 0 Å². The van der Waals surface area contributed by atoms with Gasteiger partial charge < -0.3 is 0 Å². The third-order valence-electron chi connectivity index (χ3n) is 2.09. The second-order valence-electron chi connectivity index (χ2n) is 3.04. The minimum absolute atomic E-state index is 0.241. The zero-order valence-corrected chi connectivity index (χ0v) is 7.45. The van der Waals surface area contributed by atoms with E-state index >= 15 is 0 Å². The highest BCUT2D eigenvalue weighted by atomic mass is 19.2. The van der Waals surface area contributed by atoms with E-state index in [0.717, 1.165) is 0 Å². The topological polar surface area (TPSA) is 0 Å². The first-order valence-corrected chi connectivity index (χ1v) is 4.22. The number of hydrogen-bond acceptors (Lipinski definition) is 0. The molecular weight excluding hydrogens is 208 g/mol. The van der Waals surface area contributed by atoms with Crippen LogP contribution in [0.4, 0.5) is 17.6 Å².